The molecule has 0 radical (unpaired) electrons. The van der Waals surface area contributed by atoms with Crippen LogP contribution in [0.4, 0.5) is 5.00 Å². The molecule has 2 N–H and O–H groups in total. The zero-order valence-electron chi connectivity index (χ0n) is 7.45. The van der Waals surface area contributed by atoms with Crippen LogP contribution in [0.25, 0.3) is 11.1 Å². The van der Waals surface area contributed by atoms with Crippen molar-refractivity contribution in [3.63, 3.8) is 0 Å². The predicted octanol–water partition coefficient (Wildman–Crippen LogP) is 3.31. The third-order valence-electron chi connectivity index (χ3n) is 2.06. The van der Waals surface area contributed by atoms with E-state index in [9.17, 15) is 0 Å². The number of nitrogen functional groups attached to an aromatic ring is 1. The van der Waals surface area contributed by atoms with Crippen molar-refractivity contribution in [3.8, 4) is 11.1 Å². The molecule has 2 aromatic rings. The van der Waals surface area contributed by atoms with Gasteiger partial charge in [0.25, 0.3) is 0 Å². The maximum Gasteiger partial charge on any atom is 0.0936 e. The fourth-order valence-electron chi connectivity index (χ4n) is 1.29. The Morgan fingerprint density at radius 3 is 2.31 bits per heavy atom. The second-order valence-electron chi connectivity index (χ2n) is 3.06. The molecule has 0 saturated heterocycles. The van der Waals surface area contributed by atoms with Gasteiger partial charge in [-0.15, -0.1) is 11.3 Å². The Morgan fingerprint density at radius 1 is 1.08 bits per heavy atom. The molecule has 2 rings (SSSR count). The maximum atomic E-state index is 5.83. The SMILES string of the molecule is Cc1ccc(-c2ccsc2N)cc1. The Kier molecular flexibility index (Phi) is 2.07. The van der Waals surface area contributed by atoms with Gasteiger partial charge in [0.15, 0.2) is 0 Å². The van der Waals surface area contributed by atoms with E-state index in [4.69, 9.17) is 5.73 Å². The summed E-state index contributed by atoms with van der Waals surface area (Å²) in [7, 11) is 0. The second kappa shape index (κ2) is 3.23. The second-order valence-corrected chi connectivity index (χ2v) is 4.01. The zero-order chi connectivity index (χ0) is 9.26. The van der Waals surface area contributed by atoms with Crippen LogP contribution in [0.1, 0.15) is 5.56 Å². The first-order chi connectivity index (χ1) is 6.27. The minimum absolute atomic E-state index is 0.892. The first kappa shape index (κ1) is 8.32. The van der Waals surface area contributed by atoms with Crippen molar-refractivity contribution < 1.29 is 0 Å². The Hall–Kier alpha value is -1.28. The Labute approximate surface area is 81.8 Å². The molecule has 13 heavy (non-hydrogen) atoms. The molecule has 1 nitrogen and oxygen atoms in total. The van der Waals surface area contributed by atoms with Crippen molar-refractivity contribution in [2.45, 2.75) is 6.92 Å². The first-order valence-electron chi connectivity index (χ1n) is 4.17. The van der Waals surface area contributed by atoms with Gasteiger partial charge in [0, 0.05) is 5.56 Å². The van der Waals surface area contributed by atoms with Gasteiger partial charge in [0.2, 0.25) is 0 Å². The molecular formula is C11H11NS. The molecule has 0 bridgehead atoms. The number of nitrogens with two attached hydrogens (primary N) is 1. The molecule has 0 spiro atoms. The number of rotatable bonds is 1. The third kappa shape index (κ3) is 1.58. The van der Waals surface area contributed by atoms with E-state index in [1.165, 1.54) is 11.1 Å². The quantitative estimate of drug-likeness (QED) is 0.731. The van der Waals surface area contributed by atoms with Crippen LogP contribution in [-0.4, -0.2) is 0 Å². The largest absolute Gasteiger partial charge is 0.390 e. The molecule has 0 atom stereocenters. The van der Waals surface area contributed by atoms with Crippen molar-refractivity contribution in [3.05, 3.63) is 41.3 Å². The van der Waals surface area contributed by atoms with Gasteiger partial charge < -0.3 is 5.73 Å². The lowest BCUT2D eigenvalue weighted by Crippen LogP contribution is -1.83. The molecule has 66 valence electrons. The van der Waals surface area contributed by atoms with E-state index in [1.807, 2.05) is 5.38 Å². The van der Waals surface area contributed by atoms with E-state index in [0.29, 0.717) is 0 Å². The lowest BCUT2D eigenvalue weighted by molar-refractivity contribution is 1.47. The van der Waals surface area contributed by atoms with Gasteiger partial charge in [0.1, 0.15) is 0 Å². The number of hydrogen-bond donors (Lipinski definition) is 1. The molecule has 1 aromatic heterocycles. The summed E-state index contributed by atoms with van der Waals surface area (Å²) in [5.74, 6) is 0. The number of hydrogen-bond acceptors (Lipinski definition) is 2. The summed E-state index contributed by atoms with van der Waals surface area (Å²) in [6.45, 7) is 2.08. The minimum atomic E-state index is 0.892. The van der Waals surface area contributed by atoms with E-state index in [2.05, 4.69) is 37.3 Å². The van der Waals surface area contributed by atoms with Crippen molar-refractivity contribution in [1.29, 1.82) is 0 Å². The van der Waals surface area contributed by atoms with Crippen LogP contribution in [-0.2, 0) is 0 Å². The van der Waals surface area contributed by atoms with Crippen LogP contribution in [0.15, 0.2) is 35.7 Å². The Bertz CT molecular complexity index is 400. The maximum absolute atomic E-state index is 5.83. The number of thiophene rings is 1. The van der Waals surface area contributed by atoms with Crippen LogP contribution in [0.2, 0.25) is 0 Å². The highest BCUT2D eigenvalue weighted by atomic mass is 32.1. The van der Waals surface area contributed by atoms with Crippen molar-refractivity contribution in [1.82, 2.24) is 0 Å². The predicted molar refractivity (Wildman–Crippen MR) is 58.9 cm³/mol. The molecule has 2 heteroatoms. The average molecular weight is 189 g/mol. The molecule has 0 aliphatic heterocycles. The van der Waals surface area contributed by atoms with Crippen molar-refractivity contribution in [2.75, 3.05) is 5.73 Å². The lowest BCUT2D eigenvalue weighted by atomic mass is 10.1. The summed E-state index contributed by atoms with van der Waals surface area (Å²) in [5, 5.41) is 2.91. The van der Waals surface area contributed by atoms with E-state index < -0.39 is 0 Å². The standard InChI is InChI=1S/C11H11NS/c1-8-2-4-9(5-3-8)10-6-7-13-11(10)12/h2-7H,12H2,1H3. The molecular weight excluding hydrogens is 178 g/mol. The third-order valence-corrected chi connectivity index (χ3v) is 2.80. The molecule has 0 saturated carbocycles. The highest BCUT2D eigenvalue weighted by molar-refractivity contribution is 7.14. The summed E-state index contributed by atoms with van der Waals surface area (Å²) in [4.78, 5) is 0. The molecule has 1 heterocycles. The molecule has 0 aliphatic carbocycles. The minimum Gasteiger partial charge on any atom is -0.390 e. The normalized spacial score (nSPS) is 10.2. The fraction of sp³-hybridized carbons (Fsp3) is 0.0909. The zero-order valence-corrected chi connectivity index (χ0v) is 8.27. The van der Waals surface area contributed by atoms with Crippen LogP contribution in [0.3, 0.4) is 0 Å². The summed E-state index contributed by atoms with van der Waals surface area (Å²) in [6.07, 6.45) is 0. The van der Waals surface area contributed by atoms with Crippen LogP contribution < -0.4 is 5.73 Å². The van der Waals surface area contributed by atoms with Crippen LogP contribution in [0.5, 0.6) is 0 Å². The van der Waals surface area contributed by atoms with E-state index >= 15 is 0 Å². The van der Waals surface area contributed by atoms with Crippen molar-refractivity contribution in [2.24, 2.45) is 0 Å². The summed E-state index contributed by atoms with van der Waals surface area (Å²) in [5.41, 5.74) is 9.45. The van der Waals surface area contributed by atoms with Crippen LogP contribution in [0, 0.1) is 6.92 Å². The molecule has 0 amide bonds. The van der Waals surface area contributed by atoms with Gasteiger partial charge in [-0.25, -0.2) is 0 Å². The van der Waals surface area contributed by atoms with E-state index in [-0.39, 0.29) is 0 Å². The van der Waals surface area contributed by atoms with E-state index in [1.54, 1.807) is 11.3 Å². The topological polar surface area (TPSA) is 26.0 Å². The molecule has 0 aliphatic rings. The van der Waals surface area contributed by atoms with Gasteiger partial charge in [-0.2, -0.15) is 0 Å². The monoisotopic (exact) mass is 189 g/mol. The average Bonchev–Trinajstić information content (AvgIpc) is 2.53. The molecule has 0 fully saturated rings. The Morgan fingerprint density at radius 2 is 1.77 bits per heavy atom. The summed E-state index contributed by atoms with van der Waals surface area (Å²) in [6, 6.07) is 10.5. The van der Waals surface area contributed by atoms with Gasteiger partial charge in [0.05, 0.1) is 5.00 Å². The first-order valence-corrected chi connectivity index (χ1v) is 5.05. The van der Waals surface area contributed by atoms with E-state index in [0.717, 1.165) is 10.6 Å². The smallest absolute Gasteiger partial charge is 0.0936 e. The van der Waals surface area contributed by atoms with Gasteiger partial charge in [-0.05, 0) is 23.9 Å². The summed E-state index contributed by atoms with van der Waals surface area (Å²) >= 11 is 1.58. The van der Waals surface area contributed by atoms with Crippen LogP contribution >= 0.6 is 11.3 Å². The van der Waals surface area contributed by atoms with Crippen molar-refractivity contribution >= 4 is 16.3 Å². The van der Waals surface area contributed by atoms with Gasteiger partial charge in [-0.3, -0.25) is 0 Å². The summed E-state index contributed by atoms with van der Waals surface area (Å²) < 4.78 is 0. The van der Waals surface area contributed by atoms with Gasteiger partial charge >= 0.3 is 0 Å². The highest BCUT2D eigenvalue weighted by Crippen LogP contribution is 2.30. The number of anilines is 1. The Balaban J connectivity index is 2.47. The fourth-order valence-corrected chi connectivity index (χ4v) is 1.96. The number of aryl methyl sites for hydroxylation is 1. The number of benzene rings is 1. The highest BCUT2D eigenvalue weighted by Gasteiger charge is 2.01. The lowest BCUT2D eigenvalue weighted by Gasteiger charge is -1.99. The molecule has 0 unspecified atom stereocenters. The van der Waals surface area contributed by atoms with Gasteiger partial charge in [-0.1, -0.05) is 29.8 Å². The molecule has 1 aromatic carbocycles.